The van der Waals surface area contributed by atoms with E-state index in [9.17, 15) is 13.2 Å². The summed E-state index contributed by atoms with van der Waals surface area (Å²) in [7, 11) is 0. The number of hydrogen-bond donors (Lipinski definition) is 2. The number of nitrogens with one attached hydrogen (secondary N) is 1. The van der Waals surface area contributed by atoms with E-state index < -0.39 is 11.7 Å². The molecule has 1 aromatic rings. The van der Waals surface area contributed by atoms with E-state index in [0.29, 0.717) is 18.7 Å². The summed E-state index contributed by atoms with van der Waals surface area (Å²) in [6.45, 7) is 2.40. The maximum absolute atomic E-state index is 12.6. The van der Waals surface area contributed by atoms with Gasteiger partial charge in [0.15, 0.2) is 0 Å². The van der Waals surface area contributed by atoms with Gasteiger partial charge in [0.25, 0.3) is 0 Å². The Balaban J connectivity index is 2.19. The van der Waals surface area contributed by atoms with Gasteiger partial charge in [-0.2, -0.15) is 18.4 Å². The zero-order valence-corrected chi connectivity index (χ0v) is 11.4. The van der Waals surface area contributed by atoms with Crippen LogP contribution in [0, 0.1) is 11.3 Å². The van der Waals surface area contributed by atoms with Crippen molar-refractivity contribution in [3.63, 3.8) is 0 Å². The molecule has 2 rings (SSSR count). The van der Waals surface area contributed by atoms with Gasteiger partial charge in [-0.15, -0.1) is 0 Å². The molecule has 1 saturated carbocycles. The van der Waals surface area contributed by atoms with Crippen LogP contribution in [0.25, 0.3) is 0 Å². The lowest BCUT2D eigenvalue weighted by Crippen LogP contribution is -2.60. The molecule has 1 fully saturated rings. The van der Waals surface area contributed by atoms with Crippen molar-refractivity contribution in [3.05, 3.63) is 29.3 Å². The summed E-state index contributed by atoms with van der Waals surface area (Å²) in [5.41, 5.74) is 5.32. The van der Waals surface area contributed by atoms with Gasteiger partial charge in [-0.3, -0.25) is 0 Å². The Labute approximate surface area is 120 Å². The second-order valence-corrected chi connectivity index (χ2v) is 4.93. The van der Waals surface area contributed by atoms with E-state index in [2.05, 4.69) is 5.32 Å². The minimum atomic E-state index is -4.47. The third kappa shape index (κ3) is 3.28. The molecular weight excluding hydrogens is 283 g/mol. The van der Waals surface area contributed by atoms with E-state index >= 15 is 0 Å². The second-order valence-electron chi connectivity index (χ2n) is 4.93. The molecule has 3 unspecified atom stereocenters. The minimum absolute atomic E-state index is 0.0563. The molecule has 7 heteroatoms. The average molecular weight is 299 g/mol. The number of ether oxygens (including phenoxy) is 1. The Bertz CT molecular complexity index is 551. The highest BCUT2D eigenvalue weighted by atomic mass is 19.4. The highest BCUT2D eigenvalue weighted by Crippen LogP contribution is 2.33. The monoisotopic (exact) mass is 299 g/mol. The van der Waals surface area contributed by atoms with E-state index in [-0.39, 0.29) is 23.8 Å². The van der Waals surface area contributed by atoms with Gasteiger partial charge in [0.1, 0.15) is 6.07 Å². The fraction of sp³-hybridized carbons (Fsp3) is 0.500. The van der Waals surface area contributed by atoms with Gasteiger partial charge in [0.2, 0.25) is 0 Å². The van der Waals surface area contributed by atoms with Crippen molar-refractivity contribution in [3.8, 4) is 6.07 Å². The average Bonchev–Trinajstić information content (AvgIpc) is 2.43. The SMILES string of the molecule is CCOC1CC(N)C1Nc1ccc(C(F)(F)F)cc1C#N. The normalized spacial score (nSPS) is 25.0. The molecule has 114 valence electrons. The first kappa shape index (κ1) is 15.6. The Hall–Kier alpha value is -1.78. The van der Waals surface area contributed by atoms with Crippen LogP contribution in [-0.2, 0) is 10.9 Å². The molecule has 0 aliphatic heterocycles. The number of anilines is 1. The lowest BCUT2D eigenvalue weighted by Gasteiger charge is -2.43. The predicted molar refractivity (Wildman–Crippen MR) is 71.6 cm³/mol. The largest absolute Gasteiger partial charge is 0.416 e. The zero-order valence-electron chi connectivity index (χ0n) is 11.4. The van der Waals surface area contributed by atoms with Gasteiger partial charge in [0.05, 0.1) is 29.0 Å². The molecule has 1 aliphatic rings. The summed E-state index contributed by atoms with van der Waals surface area (Å²) in [5.74, 6) is 0. The number of nitriles is 1. The van der Waals surface area contributed by atoms with Crippen molar-refractivity contribution < 1.29 is 17.9 Å². The van der Waals surface area contributed by atoms with Crippen LogP contribution in [0.15, 0.2) is 18.2 Å². The standard InChI is InChI=1S/C14H16F3N3O/c1-2-21-12-6-10(19)13(12)20-11-4-3-9(14(15,16)17)5-8(11)7-18/h3-5,10,12-13,20H,2,6,19H2,1H3. The van der Waals surface area contributed by atoms with Gasteiger partial charge in [-0.05, 0) is 31.5 Å². The number of hydrogen-bond acceptors (Lipinski definition) is 4. The summed E-state index contributed by atoms with van der Waals surface area (Å²) in [6.07, 6.45) is -3.86. The molecule has 1 aliphatic carbocycles. The fourth-order valence-corrected chi connectivity index (χ4v) is 2.35. The van der Waals surface area contributed by atoms with Crippen molar-refractivity contribution in [2.75, 3.05) is 11.9 Å². The topological polar surface area (TPSA) is 71.1 Å². The summed E-state index contributed by atoms with van der Waals surface area (Å²) < 4.78 is 43.4. The molecule has 3 atom stereocenters. The summed E-state index contributed by atoms with van der Waals surface area (Å²) in [4.78, 5) is 0. The minimum Gasteiger partial charge on any atom is -0.377 e. The molecule has 4 nitrogen and oxygen atoms in total. The van der Waals surface area contributed by atoms with E-state index in [1.165, 1.54) is 6.07 Å². The Morgan fingerprint density at radius 1 is 1.48 bits per heavy atom. The van der Waals surface area contributed by atoms with Crippen LogP contribution in [-0.4, -0.2) is 24.8 Å². The number of nitrogens with zero attached hydrogens (tertiary/aromatic N) is 1. The van der Waals surface area contributed by atoms with E-state index in [1.807, 2.05) is 6.92 Å². The molecule has 0 amide bonds. The number of rotatable bonds is 4. The predicted octanol–water partition coefficient (Wildman–Crippen LogP) is 2.49. The van der Waals surface area contributed by atoms with Gasteiger partial charge in [0, 0.05) is 12.6 Å². The number of halogens is 3. The van der Waals surface area contributed by atoms with Crippen LogP contribution in [0.3, 0.4) is 0 Å². The molecule has 0 heterocycles. The zero-order chi connectivity index (χ0) is 15.6. The Morgan fingerprint density at radius 3 is 2.71 bits per heavy atom. The van der Waals surface area contributed by atoms with Gasteiger partial charge >= 0.3 is 6.18 Å². The van der Waals surface area contributed by atoms with Gasteiger partial charge in [-0.1, -0.05) is 0 Å². The van der Waals surface area contributed by atoms with E-state index in [0.717, 1.165) is 12.1 Å². The Morgan fingerprint density at radius 2 is 2.19 bits per heavy atom. The number of nitrogens with two attached hydrogens (primary N) is 1. The van der Waals surface area contributed by atoms with Crippen molar-refractivity contribution >= 4 is 5.69 Å². The summed E-state index contributed by atoms with van der Waals surface area (Å²) in [6, 6.07) is 4.48. The van der Waals surface area contributed by atoms with E-state index in [1.54, 1.807) is 6.07 Å². The lowest BCUT2D eigenvalue weighted by molar-refractivity contribution is -0.137. The molecule has 3 N–H and O–H groups in total. The molecule has 21 heavy (non-hydrogen) atoms. The van der Waals surface area contributed by atoms with Crippen LogP contribution < -0.4 is 11.1 Å². The number of benzene rings is 1. The molecule has 0 bridgehead atoms. The Kier molecular flexibility index (Phi) is 4.40. The molecule has 0 radical (unpaired) electrons. The van der Waals surface area contributed by atoms with Crippen molar-refractivity contribution in [2.24, 2.45) is 5.73 Å². The van der Waals surface area contributed by atoms with Gasteiger partial charge in [-0.25, -0.2) is 0 Å². The van der Waals surface area contributed by atoms with Crippen LogP contribution in [0.5, 0.6) is 0 Å². The summed E-state index contributed by atoms with van der Waals surface area (Å²) in [5, 5.41) is 12.0. The van der Waals surface area contributed by atoms with Crippen molar-refractivity contribution in [1.29, 1.82) is 5.26 Å². The first-order valence-electron chi connectivity index (χ1n) is 6.62. The molecule has 0 aromatic heterocycles. The van der Waals surface area contributed by atoms with Crippen LogP contribution in [0.1, 0.15) is 24.5 Å². The first-order chi connectivity index (χ1) is 9.86. The van der Waals surface area contributed by atoms with Crippen LogP contribution >= 0.6 is 0 Å². The second kappa shape index (κ2) is 5.92. The molecule has 0 spiro atoms. The summed E-state index contributed by atoms with van der Waals surface area (Å²) >= 11 is 0. The molecule has 1 aromatic carbocycles. The van der Waals surface area contributed by atoms with Crippen molar-refractivity contribution in [1.82, 2.24) is 0 Å². The quantitative estimate of drug-likeness (QED) is 0.896. The lowest BCUT2D eigenvalue weighted by atomic mass is 9.83. The van der Waals surface area contributed by atoms with E-state index in [4.69, 9.17) is 15.7 Å². The van der Waals surface area contributed by atoms with Crippen LogP contribution in [0.2, 0.25) is 0 Å². The van der Waals surface area contributed by atoms with Gasteiger partial charge < -0.3 is 15.8 Å². The third-order valence-corrected chi connectivity index (χ3v) is 3.54. The van der Waals surface area contributed by atoms with Crippen LogP contribution in [0.4, 0.5) is 18.9 Å². The fourth-order valence-electron chi connectivity index (χ4n) is 2.35. The van der Waals surface area contributed by atoms with Crippen molar-refractivity contribution in [2.45, 2.75) is 37.7 Å². The maximum atomic E-state index is 12.6. The third-order valence-electron chi connectivity index (χ3n) is 3.54. The highest BCUT2D eigenvalue weighted by molar-refractivity contribution is 5.60. The maximum Gasteiger partial charge on any atom is 0.416 e. The number of alkyl halides is 3. The smallest absolute Gasteiger partial charge is 0.377 e. The molecule has 0 saturated heterocycles. The highest BCUT2D eigenvalue weighted by Gasteiger charge is 2.40. The molecular formula is C14H16F3N3O. The first-order valence-corrected chi connectivity index (χ1v) is 6.62.